The summed E-state index contributed by atoms with van der Waals surface area (Å²) >= 11 is 0. The number of esters is 2. The number of rotatable bonds is 5. The fourth-order valence-corrected chi connectivity index (χ4v) is 7.07. The highest BCUT2D eigenvalue weighted by Gasteiger charge is 2.63. The van der Waals surface area contributed by atoms with E-state index >= 15 is 0 Å². The van der Waals surface area contributed by atoms with Crippen molar-refractivity contribution in [2.45, 2.75) is 51.2 Å². The van der Waals surface area contributed by atoms with Gasteiger partial charge in [0, 0.05) is 11.8 Å². The Morgan fingerprint density at radius 1 is 0.771 bits per heavy atom. The summed E-state index contributed by atoms with van der Waals surface area (Å²) in [4.78, 5) is 26.2. The molecule has 4 heteroatoms. The molecule has 0 N–H and O–H groups in total. The van der Waals surface area contributed by atoms with Crippen molar-refractivity contribution in [2.75, 3.05) is 0 Å². The molecule has 35 heavy (non-hydrogen) atoms. The van der Waals surface area contributed by atoms with E-state index in [4.69, 9.17) is 9.47 Å². The fourth-order valence-electron chi connectivity index (χ4n) is 7.07. The molecule has 2 fully saturated rings. The van der Waals surface area contributed by atoms with Gasteiger partial charge < -0.3 is 9.47 Å². The second-order valence-electron chi connectivity index (χ2n) is 10.2. The number of carbonyl (C=O) groups is 2. The van der Waals surface area contributed by atoms with Gasteiger partial charge in [0.15, 0.2) is 0 Å². The maximum Gasteiger partial charge on any atom is 0.338 e. The zero-order valence-electron chi connectivity index (χ0n) is 20.1. The van der Waals surface area contributed by atoms with Crippen LogP contribution in [0.25, 0.3) is 0 Å². The molecule has 0 spiro atoms. The van der Waals surface area contributed by atoms with E-state index in [0.29, 0.717) is 23.0 Å². The minimum Gasteiger partial charge on any atom is -0.455 e. The normalized spacial score (nSPS) is 27.8. The highest BCUT2D eigenvalue weighted by atomic mass is 16.6. The van der Waals surface area contributed by atoms with E-state index in [0.717, 1.165) is 19.3 Å². The van der Waals surface area contributed by atoms with Crippen molar-refractivity contribution >= 4 is 11.9 Å². The molecule has 0 radical (unpaired) electrons. The van der Waals surface area contributed by atoms with E-state index < -0.39 is 12.2 Å². The zero-order chi connectivity index (χ0) is 24.1. The molecule has 178 valence electrons. The van der Waals surface area contributed by atoms with Gasteiger partial charge in [-0.3, -0.25) is 0 Å². The quantitative estimate of drug-likeness (QED) is 0.439. The summed E-state index contributed by atoms with van der Waals surface area (Å²) < 4.78 is 12.3. The average molecular weight is 467 g/mol. The maximum absolute atomic E-state index is 13.1. The van der Waals surface area contributed by atoms with Gasteiger partial charge in [-0.2, -0.15) is 0 Å². The summed E-state index contributed by atoms with van der Waals surface area (Å²) in [7, 11) is 0. The zero-order valence-corrected chi connectivity index (χ0v) is 20.1. The van der Waals surface area contributed by atoms with Crippen molar-refractivity contribution in [3.63, 3.8) is 0 Å². The Labute approximate surface area is 206 Å². The number of hydrogen-bond acceptors (Lipinski definition) is 4. The molecule has 2 bridgehead atoms. The Bertz CT molecular complexity index is 1270. The van der Waals surface area contributed by atoms with Gasteiger partial charge in [0.25, 0.3) is 0 Å². The first-order chi connectivity index (χ1) is 17.1. The van der Waals surface area contributed by atoms with E-state index in [2.05, 4.69) is 26.0 Å². The maximum atomic E-state index is 13.1. The molecule has 3 aliphatic rings. The van der Waals surface area contributed by atoms with E-state index in [1.54, 1.807) is 24.3 Å². The van der Waals surface area contributed by atoms with Crippen LogP contribution in [0.5, 0.6) is 0 Å². The topological polar surface area (TPSA) is 52.6 Å². The number of hydrogen-bond donors (Lipinski definition) is 0. The highest BCUT2D eigenvalue weighted by molar-refractivity contribution is 5.90. The van der Waals surface area contributed by atoms with Gasteiger partial charge in [-0.15, -0.1) is 0 Å². The van der Waals surface area contributed by atoms with Crippen LogP contribution in [-0.2, 0) is 22.3 Å². The predicted octanol–water partition coefficient (Wildman–Crippen LogP) is 5.91. The molecule has 2 saturated carbocycles. The number of carbonyl (C=O) groups excluding carboxylic acids is 2. The summed E-state index contributed by atoms with van der Waals surface area (Å²) in [6.45, 7) is 4.41. The van der Waals surface area contributed by atoms with Crippen molar-refractivity contribution in [3.05, 3.63) is 106 Å². The summed E-state index contributed by atoms with van der Waals surface area (Å²) in [5.74, 6) is 0.406. The lowest BCUT2D eigenvalue weighted by Crippen LogP contribution is -2.45. The van der Waals surface area contributed by atoms with Crippen LogP contribution in [-0.4, -0.2) is 24.1 Å². The Morgan fingerprint density at radius 3 is 1.91 bits per heavy atom. The Balaban J connectivity index is 1.35. The van der Waals surface area contributed by atoms with Crippen LogP contribution in [0.4, 0.5) is 0 Å². The third kappa shape index (κ3) is 3.58. The lowest BCUT2D eigenvalue weighted by Gasteiger charge is -2.37. The van der Waals surface area contributed by atoms with Gasteiger partial charge in [0.1, 0.15) is 12.2 Å². The van der Waals surface area contributed by atoms with Crippen LogP contribution < -0.4 is 0 Å². The van der Waals surface area contributed by atoms with E-state index in [9.17, 15) is 9.59 Å². The molecule has 0 amide bonds. The lowest BCUT2D eigenvalue weighted by atomic mass is 9.76. The first kappa shape index (κ1) is 22.1. The molecule has 3 aromatic rings. The van der Waals surface area contributed by atoms with Crippen molar-refractivity contribution in [1.29, 1.82) is 0 Å². The van der Waals surface area contributed by atoms with Gasteiger partial charge in [-0.1, -0.05) is 55.5 Å². The summed E-state index contributed by atoms with van der Waals surface area (Å²) in [5.41, 5.74) is 6.71. The van der Waals surface area contributed by atoms with Crippen LogP contribution in [0.1, 0.15) is 62.2 Å². The molecule has 6 unspecified atom stereocenters. The number of ether oxygens (including phenoxy) is 2. The smallest absolute Gasteiger partial charge is 0.338 e. The van der Waals surface area contributed by atoms with Crippen LogP contribution in [0.2, 0.25) is 0 Å². The Morgan fingerprint density at radius 2 is 1.34 bits per heavy atom. The molecule has 6 atom stereocenters. The third-order valence-corrected chi connectivity index (χ3v) is 8.52. The molecule has 3 aromatic carbocycles. The van der Waals surface area contributed by atoms with Gasteiger partial charge in [0.05, 0.1) is 11.1 Å². The second-order valence-corrected chi connectivity index (χ2v) is 10.2. The molecule has 3 aliphatic carbocycles. The number of aryl methyl sites for hydroxylation is 2. The molecular weight excluding hydrogens is 436 g/mol. The molecule has 0 aromatic heterocycles. The average Bonchev–Trinajstić information content (AvgIpc) is 3.55. The van der Waals surface area contributed by atoms with Gasteiger partial charge in [-0.25, -0.2) is 9.59 Å². The standard InChI is InChI=1S/C31H30O4/c1-3-19-15-14-18(2)26-22(19)16-23-24-17-25(27(23)26)29(35-31(33)21-12-8-5-9-13-21)28(24)34-30(32)20-10-6-4-7-11-20/h4-15,23-25,27-29H,3,16-17H2,1-2H3. The third-order valence-electron chi connectivity index (χ3n) is 8.52. The van der Waals surface area contributed by atoms with Crippen LogP contribution in [0.3, 0.4) is 0 Å². The van der Waals surface area contributed by atoms with Crippen LogP contribution in [0.15, 0.2) is 72.8 Å². The van der Waals surface area contributed by atoms with Crippen molar-refractivity contribution < 1.29 is 19.1 Å². The monoisotopic (exact) mass is 466 g/mol. The van der Waals surface area contributed by atoms with Crippen molar-refractivity contribution in [1.82, 2.24) is 0 Å². The minimum atomic E-state index is -0.447. The highest BCUT2D eigenvalue weighted by Crippen LogP contribution is 2.63. The largest absolute Gasteiger partial charge is 0.455 e. The lowest BCUT2D eigenvalue weighted by molar-refractivity contribution is -0.0698. The SMILES string of the molecule is CCc1ccc(C)c2c1CC1C3CC(C(OC(=O)c4ccccc4)C3OC(=O)c3ccccc3)C21. The van der Waals surface area contributed by atoms with Crippen molar-refractivity contribution in [3.8, 4) is 0 Å². The van der Waals surface area contributed by atoms with Crippen LogP contribution >= 0.6 is 0 Å². The van der Waals surface area contributed by atoms with E-state index in [1.807, 2.05) is 36.4 Å². The van der Waals surface area contributed by atoms with Crippen molar-refractivity contribution in [2.24, 2.45) is 17.8 Å². The molecule has 0 saturated heterocycles. The van der Waals surface area contributed by atoms with Gasteiger partial charge in [0.2, 0.25) is 0 Å². The van der Waals surface area contributed by atoms with Crippen LogP contribution in [0, 0.1) is 24.7 Å². The summed E-state index contributed by atoms with van der Waals surface area (Å²) in [6.07, 6.45) is 2.07. The fraction of sp³-hybridized carbons (Fsp3) is 0.355. The molecule has 0 heterocycles. The molecule has 4 nitrogen and oxygen atoms in total. The number of fused-ring (bicyclic) bond motifs is 7. The Hall–Kier alpha value is -3.40. The molecular formula is C31H30O4. The van der Waals surface area contributed by atoms with Gasteiger partial charge >= 0.3 is 11.9 Å². The molecule has 0 aliphatic heterocycles. The van der Waals surface area contributed by atoms with E-state index in [1.165, 1.54) is 22.3 Å². The summed E-state index contributed by atoms with van der Waals surface area (Å²) in [5, 5.41) is 0. The molecule has 6 rings (SSSR count). The minimum absolute atomic E-state index is 0.151. The van der Waals surface area contributed by atoms with Gasteiger partial charge in [-0.05, 0) is 84.5 Å². The summed E-state index contributed by atoms with van der Waals surface area (Å²) in [6, 6.07) is 22.7. The number of benzene rings is 3. The first-order valence-corrected chi connectivity index (χ1v) is 12.7. The second kappa shape index (κ2) is 8.67. The van der Waals surface area contributed by atoms with E-state index in [-0.39, 0.29) is 23.8 Å². The predicted molar refractivity (Wildman–Crippen MR) is 133 cm³/mol. The Kier molecular flexibility index (Phi) is 5.47. The first-order valence-electron chi connectivity index (χ1n) is 12.7.